The molecule has 1 aliphatic heterocycles. The second-order valence-corrected chi connectivity index (χ2v) is 6.22. The number of hydrogen-bond donors (Lipinski definition) is 1. The molecule has 0 atom stereocenters. The average Bonchev–Trinajstić information content (AvgIpc) is 2.69. The van der Waals surface area contributed by atoms with Crippen molar-refractivity contribution in [2.75, 3.05) is 0 Å². The Kier molecular flexibility index (Phi) is 3.28. The van der Waals surface area contributed by atoms with Crippen molar-refractivity contribution >= 4 is 10.9 Å². The van der Waals surface area contributed by atoms with Crippen LogP contribution < -0.4 is 14.9 Å². The zero-order valence-corrected chi connectivity index (χ0v) is 13.9. The number of benzene rings is 3. The van der Waals surface area contributed by atoms with Crippen molar-refractivity contribution in [3.63, 3.8) is 0 Å². The van der Waals surface area contributed by atoms with Crippen LogP contribution >= 0.6 is 0 Å². The van der Waals surface area contributed by atoms with Crippen molar-refractivity contribution < 1.29 is 9.47 Å². The van der Waals surface area contributed by atoms with Crippen LogP contribution in [0.25, 0.3) is 22.2 Å². The highest BCUT2D eigenvalue weighted by Gasteiger charge is 2.22. The summed E-state index contributed by atoms with van der Waals surface area (Å²) in [5.41, 5.74) is 3.20. The van der Waals surface area contributed by atoms with Crippen LogP contribution in [0, 0.1) is 0 Å². The average molecular weight is 341 g/mol. The molecular weight excluding hydrogens is 326 g/mol. The number of fused-ring (bicyclic) bond motifs is 4. The van der Waals surface area contributed by atoms with E-state index < -0.39 is 0 Å². The van der Waals surface area contributed by atoms with Crippen molar-refractivity contribution in [1.82, 2.24) is 4.98 Å². The van der Waals surface area contributed by atoms with Crippen LogP contribution in [0.4, 0.5) is 0 Å². The molecule has 1 N–H and O–H groups in total. The molecule has 5 rings (SSSR count). The van der Waals surface area contributed by atoms with Crippen LogP contribution in [0.1, 0.15) is 5.56 Å². The lowest BCUT2D eigenvalue weighted by Gasteiger charge is -2.21. The van der Waals surface area contributed by atoms with Gasteiger partial charge in [0, 0.05) is 22.5 Å². The molecule has 4 aromatic rings. The zero-order valence-electron chi connectivity index (χ0n) is 13.9. The van der Waals surface area contributed by atoms with E-state index in [2.05, 4.69) is 4.98 Å². The van der Waals surface area contributed by atoms with E-state index >= 15 is 0 Å². The van der Waals surface area contributed by atoms with Gasteiger partial charge in [-0.3, -0.25) is 4.79 Å². The third kappa shape index (κ3) is 2.35. The number of hydrogen-bond acceptors (Lipinski definition) is 3. The van der Waals surface area contributed by atoms with Gasteiger partial charge in [-0.1, -0.05) is 30.3 Å². The third-order valence-corrected chi connectivity index (χ3v) is 4.58. The second kappa shape index (κ2) is 5.77. The second-order valence-electron chi connectivity index (χ2n) is 6.22. The molecule has 0 bridgehead atoms. The summed E-state index contributed by atoms with van der Waals surface area (Å²) in [6.07, 6.45) is 0. The molecule has 1 aliphatic rings. The highest BCUT2D eigenvalue weighted by Crippen LogP contribution is 2.39. The molecule has 0 saturated heterocycles. The predicted octanol–water partition coefficient (Wildman–Crippen LogP) is 4.88. The fraction of sp³-hybridized carbons (Fsp3) is 0.0455. The predicted molar refractivity (Wildman–Crippen MR) is 101 cm³/mol. The summed E-state index contributed by atoms with van der Waals surface area (Å²) < 4.78 is 11.7. The zero-order chi connectivity index (χ0) is 17.5. The Balaban J connectivity index is 1.61. The van der Waals surface area contributed by atoms with E-state index in [1.807, 2.05) is 72.8 Å². The first-order valence-electron chi connectivity index (χ1n) is 8.43. The van der Waals surface area contributed by atoms with Gasteiger partial charge in [0.25, 0.3) is 0 Å². The Bertz CT molecular complexity index is 1180. The van der Waals surface area contributed by atoms with Gasteiger partial charge in [0.05, 0.1) is 11.3 Å². The van der Waals surface area contributed by atoms with Crippen LogP contribution in [0.5, 0.6) is 17.2 Å². The molecule has 0 spiro atoms. The summed E-state index contributed by atoms with van der Waals surface area (Å²) >= 11 is 0. The van der Waals surface area contributed by atoms with Crippen molar-refractivity contribution in [3.05, 3.63) is 88.6 Å². The summed E-state index contributed by atoms with van der Waals surface area (Å²) in [4.78, 5) is 16.2. The van der Waals surface area contributed by atoms with E-state index in [0.29, 0.717) is 22.4 Å². The fourth-order valence-corrected chi connectivity index (χ4v) is 3.31. The summed E-state index contributed by atoms with van der Waals surface area (Å²) in [6.45, 7) is 0.247. The van der Waals surface area contributed by atoms with E-state index in [0.717, 1.165) is 22.5 Å². The molecule has 0 aliphatic carbocycles. The Hall–Kier alpha value is -3.53. The molecule has 3 aromatic carbocycles. The number of nitrogens with one attached hydrogen (secondary N) is 1. The minimum atomic E-state index is 0.0182. The largest absolute Gasteiger partial charge is 0.488 e. The third-order valence-electron chi connectivity index (χ3n) is 4.58. The number of aromatic nitrogens is 1. The Labute approximate surface area is 149 Å². The molecule has 4 nitrogen and oxygen atoms in total. The van der Waals surface area contributed by atoms with Crippen LogP contribution in [-0.4, -0.2) is 4.98 Å². The molecule has 0 radical (unpaired) electrons. The lowest BCUT2D eigenvalue weighted by Crippen LogP contribution is -2.18. The first-order chi connectivity index (χ1) is 12.8. The fourth-order valence-electron chi connectivity index (χ4n) is 3.31. The molecular formula is C22H15NO3. The van der Waals surface area contributed by atoms with E-state index in [-0.39, 0.29) is 12.0 Å². The molecule has 1 aromatic heterocycles. The Morgan fingerprint density at radius 1 is 0.885 bits per heavy atom. The van der Waals surface area contributed by atoms with Crippen LogP contribution in [0.2, 0.25) is 0 Å². The SMILES string of the molecule is O=c1c2c([nH]c3ccccc13)-c1ccc(Oc3ccccc3)cc1OC2. The highest BCUT2D eigenvalue weighted by atomic mass is 16.5. The van der Waals surface area contributed by atoms with Gasteiger partial charge >= 0.3 is 0 Å². The van der Waals surface area contributed by atoms with Gasteiger partial charge in [-0.25, -0.2) is 0 Å². The van der Waals surface area contributed by atoms with Crippen LogP contribution in [-0.2, 0) is 6.61 Å². The smallest absolute Gasteiger partial charge is 0.196 e. The Morgan fingerprint density at radius 3 is 2.58 bits per heavy atom. The number of ether oxygens (including phenoxy) is 2. The maximum atomic E-state index is 12.8. The number of H-pyrrole nitrogens is 1. The first-order valence-corrected chi connectivity index (χ1v) is 8.43. The molecule has 26 heavy (non-hydrogen) atoms. The van der Waals surface area contributed by atoms with Crippen LogP contribution in [0.15, 0.2) is 77.6 Å². The minimum Gasteiger partial charge on any atom is -0.488 e. The molecule has 0 saturated carbocycles. The molecule has 0 amide bonds. The molecule has 126 valence electrons. The number of aromatic amines is 1. The van der Waals surface area contributed by atoms with Gasteiger partial charge in [0.15, 0.2) is 5.43 Å². The molecule has 0 unspecified atom stereocenters. The standard InChI is InChI=1S/C22H15NO3/c24-22-16-8-4-5-9-19(16)23-21-17-11-10-15(12-20(17)25-13-18(21)22)26-14-6-2-1-3-7-14/h1-12H,13H2,(H,23,24). The van der Waals surface area contributed by atoms with Gasteiger partial charge in [0.1, 0.15) is 23.9 Å². The first kappa shape index (κ1) is 14.8. The summed E-state index contributed by atoms with van der Waals surface area (Å²) in [5, 5.41) is 0.683. The summed E-state index contributed by atoms with van der Waals surface area (Å²) in [6, 6.07) is 22.8. The van der Waals surface area contributed by atoms with Crippen molar-refractivity contribution in [2.24, 2.45) is 0 Å². The van der Waals surface area contributed by atoms with Gasteiger partial charge < -0.3 is 14.5 Å². The van der Waals surface area contributed by atoms with Gasteiger partial charge in [0.2, 0.25) is 0 Å². The quantitative estimate of drug-likeness (QED) is 0.565. The summed E-state index contributed by atoms with van der Waals surface area (Å²) in [7, 11) is 0. The molecule has 0 fully saturated rings. The lowest BCUT2D eigenvalue weighted by atomic mass is 10.00. The number of rotatable bonds is 2. The maximum Gasteiger partial charge on any atom is 0.196 e. The normalized spacial score (nSPS) is 12.2. The number of para-hydroxylation sites is 2. The minimum absolute atomic E-state index is 0.0182. The number of pyridine rings is 1. The van der Waals surface area contributed by atoms with E-state index in [1.54, 1.807) is 0 Å². The highest BCUT2D eigenvalue weighted by molar-refractivity contribution is 5.85. The topological polar surface area (TPSA) is 51.3 Å². The Morgan fingerprint density at radius 2 is 1.69 bits per heavy atom. The van der Waals surface area contributed by atoms with Gasteiger partial charge in [-0.15, -0.1) is 0 Å². The summed E-state index contributed by atoms with van der Waals surface area (Å²) in [5.74, 6) is 2.17. The van der Waals surface area contributed by atoms with E-state index in [4.69, 9.17) is 9.47 Å². The van der Waals surface area contributed by atoms with E-state index in [9.17, 15) is 4.79 Å². The van der Waals surface area contributed by atoms with Crippen molar-refractivity contribution in [3.8, 4) is 28.5 Å². The maximum absolute atomic E-state index is 12.8. The van der Waals surface area contributed by atoms with Crippen LogP contribution in [0.3, 0.4) is 0 Å². The monoisotopic (exact) mass is 341 g/mol. The molecule has 2 heterocycles. The van der Waals surface area contributed by atoms with Crippen molar-refractivity contribution in [1.29, 1.82) is 0 Å². The van der Waals surface area contributed by atoms with Gasteiger partial charge in [-0.05, 0) is 36.4 Å². The van der Waals surface area contributed by atoms with E-state index in [1.165, 1.54) is 0 Å². The van der Waals surface area contributed by atoms with Crippen molar-refractivity contribution in [2.45, 2.75) is 6.61 Å². The lowest BCUT2D eigenvalue weighted by molar-refractivity contribution is 0.299. The molecule has 4 heteroatoms. The van der Waals surface area contributed by atoms with Gasteiger partial charge in [-0.2, -0.15) is 0 Å².